The van der Waals surface area contributed by atoms with Gasteiger partial charge in [-0.3, -0.25) is 4.79 Å². The molecule has 0 spiro atoms. The van der Waals surface area contributed by atoms with Gasteiger partial charge in [0.2, 0.25) is 0 Å². The van der Waals surface area contributed by atoms with Crippen molar-refractivity contribution in [1.82, 2.24) is 5.32 Å². The van der Waals surface area contributed by atoms with Crippen LogP contribution in [-0.4, -0.2) is 32.8 Å². The molecule has 1 aliphatic rings. The zero-order valence-electron chi connectivity index (χ0n) is 15.8. The molecule has 0 aliphatic carbocycles. The van der Waals surface area contributed by atoms with Gasteiger partial charge in [0, 0.05) is 12.0 Å². The van der Waals surface area contributed by atoms with E-state index in [9.17, 15) is 4.79 Å². The van der Waals surface area contributed by atoms with Crippen molar-refractivity contribution in [3.05, 3.63) is 51.8 Å². The number of rotatable bonds is 7. The summed E-state index contributed by atoms with van der Waals surface area (Å²) in [4.78, 5) is 15.5. The summed E-state index contributed by atoms with van der Waals surface area (Å²) in [6.07, 6.45) is 4.77. The quantitative estimate of drug-likeness (QED) is 0.688. The highest BCUT2D eigenvalue weighted by Crippen LogP contribution is 2.35. The van der Waals surface area contributed by atoms with Crippen LogP contribution in [0.4, 0.5) is 0 Å². The molecule has 0 amide bonds. The molecule has 28 heavy (non-hydrogen) atoms. The molecule has 2 N–H and O–H groups in total. The topological polar surface area (TPSA) is 70.9 Å². The molecular weight excluding hydrogens is 403 g/mol. The minimum atomic E-state index is -0.577. The minimum Gasteiger partial charge on any atom is -0.493 e. The van der Waals surface area contributed by atoms with E-state index < -0.39 is 6.10 Å². The molecule has 6 nitrogen and oxygen atoms in total. The first-order valence-electron chi connectivity index (χ1n) is 9.03. The molecule has 2 atom stereocenters. The Bertz CT molecular complexity index is 821. The predicted octanol–water partition coefficient (Wildman–Crippen LogP) is 3.40. The summed E-state index contributed by atoms with van der Waals surface area (Å²) in [5.74, 6) is 0.866. The van der Waals surface area contributed by atoms with Crippen LogP contribution >= 0.6 is 23.2 Å². The maximum atomic E-state index is 12.7. The van der Waals surface area contributed by atoms with Crippen LogP contribution in [0, 0.1) is 0 Å². The van der Waals surface area contributed by atoms with Crippen molar-refractivity contribution in [2.24, 2.45) is 0 Å². The van der Waals surface area contributed by atoms with Crippen molar-refractivity contribution in [1.29, 1.82) is 0 Å². The second-order valence-electron chi connectivity index (χ2n) is 6.52. The highest BCUT2D eigenvalue weighted by atomic mass is 35.5. The van der Waals surface area contributed by atoms with Crippen molar-refractivity contribution in [2.45, 2.75) is 31.4 Å². The molecule has 2 aromatic rings. The van der Waals surface area contributed by atoms with Crippen molar-refractivity contribution >= 4 is 29.2 Å². The Morgan fingerprint density at radius 3 is 2.54 bits per heavy atom. The lowest BCUT2D eigenvalue weighted by Crippen LogP contribution is -2.33. The molecule has 1 aromatic carbocycles. The molecule has 1 fully saturated rings. The molecule has 0 bridgehead atoms. The van der Waals surface area contributed by atoms with E-state index in [1.165, 1.54) is 0 Å². The fourth-order valence-electron chi connectivity index (χ4n) is 3.25. The maximum Gasteiger partial charge on any atom is 0.323 e. The van der Waals surface area contributed by atoms with Gasteiger partial charge in [-0.2, -0.15) is 0 Å². The number of H-pyrrole nitrogens is 1. The molecule has 8 heteroatoms. The lowest BCUT2D eigenvalue weighted by atomic mass is 10.0. The van der Waals surface area contributed by atoms with Crippen LogP contribution in [0.5, 0.6) is 11.5 Å². The number of carbonyl (C=O) groups is 1. The lowest BCUT2D eigenvalue weighted by molar-refractivity contribution is -0.377. The maximum absolute atomic E-state index is 12.7. The third-order valence-corrected chi connectivity index (χ3v) is 5.44. The number of esters is 1. The van der Waals surface area contributed by atoms with Gasteiger partial charge in [0.15, 0.2) is 23.9 Å². The van der Waals surface area contributed by atoms with Crippen LogP contribution in [0.3, 0.4) is 0 Å². The van der Waals surface area contributed by atoms with Crippen LogP contribution in [0.2, 0.25) is 10.0 Å². The van der Waals surface area contributed by atoms with Gasteiger partial charge in [-0.25, -0.2) is 4.98 Å². The summed E-state index contributed by atoms with van der Waals surface area (Å²) >= 11 is 12.6. The molecule has 3 rings (SSSR count). The number of hydrogen-bond acceptors (Lipinski definition) is 5. The molecule has 1 aromatic heterocycles. The first-order valence-corrected chi connectivity index (χ1v) is 9.78. The van der Waals surface area contributed by atoms with Crippen molar-refractivity contribution in [3.8, 4) is 11.5 Å². The Balaban J connectivity index is 1.92. The summed E-state index contributed by atoms with van der Waals surface area (Å²) in [5, 5.41) is 4.12. The number of benzene rings is 1. The Morgan fingerprint density at radius 2 is 1.93 bits per heavy atom. The fourth-order valence-corrected chi connectivity index (χ4v) is 3.78. The van der Waals surface area contributed by atoms with Crippen LogP contribution < -0.4 is 19.8 Å². The zero-order valence-corrected chi connectivity index (χ0v) is 17.3. The number of aromatic nitrogens is 1. The smallest absolute Gasteiger partial charge is 0.323 e. The number of halogens is 2. The van der Waals surface area contributed by atoms with Crippen LogP contribution in [0.1, 0.15) is 30.1 Å². The molecule has 150 valence electrons. The average Bonchev–Trinajstić information content (AvgIpc) is 3.24. The van der Waals surface area contributed by atoms with Gasteiger partial charge in [0.1, 0.15) is 22.2 Å². The number of methoxy groups -OCH3 is 2. The van der Waals surface area contributed by atoms with E-state index in [1.807, 2.05) is 6.07 Å². The van der Waals surface area contributed by atoms with Crippen LogP contribution in [0.25, 0.3) is 0 Å². The Kier molecular flexibility index (Phi) is 6.99. The van der Waals surface area contributed by atoms with E-state index in [2.05, 4.69) is 10.3 Å². The normalized spacial score (nSPS) is 17.2. The lowest BCUT2D eigenvalue weighted by Gasteiger charge is -2.22. The fraction of sp³-hybridized carbons (Fsp3) is 0.400. The summed E-state index contributed by atoms with van der Waals surface area (Å²) < 4.78 is 16.6. The van der Waals surface area contributed by atoms with Gasteiger partial charge < -0.3 is 19.5 Å². The molecule has 0 unspecified atom stereocenters. The zero-order chi connectivity index (χ0) is 20.1. The third-order valence-electron chi connectivity index (χ3n) is 4.77. The summed E-state index contributed by atoms with van der Waals surface area (Å²) in [5.41, 5.74) is 1.47. The summed E-state index contributed by atoms with van der Waals surface area (Å²) in [6, 6.07) is 5.14. The van der Waals surface area contributed by atoms with E-state index in [4.69, 9.17) is 37.4 Å². The number of nitrogens with one attached hydrogen (secondary N) is 2. The molecule has 0 saturated carbocycles. The van der Waals surface area contributed by atoms with E-state index in [0.29, 0.717) is 33.5 Å². The number of carbonyl (C=O) groups excluding carboxylic acids is 1. The molecular formula is C20H23Cl2N2O4+. The van der Waals surface area contributed by atoms with Crippen LogP contribution in [0.15, 0.2) is 30.6 Å². The van der Waals surface area contributed by atoms with Gasteiger partial charge >= 0.3 is 5.97 Å². The Hall–Kier alpha value is -2.02. The molecule has 1 saturated heterocycles. The monoisotopic (exact) mass is 425 g/mol. The third kappa shape index (κ3) is 4.69. The highest BCUT2D eigenvalue weighted by Gasteiger charge is 2.28. The van der Waals surface area contributed by atoms with Crippen molar-refractivity contribution < 1.29 is 24.0 Å². The minimum absolute atomic E-state index is 0.285. The van der Waals surface area contributed by atoms with E-state index in [1.54, 1.807) is 38.7 Å². The van der Waals surface area contributed by atoms with E-state index >= 15 is 0 Å². The standard InChI is InChI=1S/C20H22Cl2N2O4/c1-26-17-6-5-12(8-19(17)27-2)18(28-20(25)16-4-3-7-24-16)9-13-14(21)10-23-11-15(13)22/h5-6,8,10-11,16,18,24H,3-4,7,9H2,1-2H3/p+1/t16-,18-/m0/s1. The highest BCUT2D eigenvalue weighted by molar-refractivity contribution is 6.35. The number of hydrogen-bond donors (Lipinski definition) is 1. The van der Waals surface area contributed by atoms with Crippen LogP contribution in [-0.2, 0) is 16.0 Å². The second-order valence-corrected chi connectivity index (χ2v) is 7.34. The first-order chi connectivity index (χ1) is 13.5. The summed E-state index contributed by atoms with van der Waals surface area (Å²) in [6.45, 7) is 0.812. The Labute approximate surface area is 174 Å². The predicted molar refractivity (Wildman–Crippen MR) is 106 cm³/mol. The van der Waals surface area contributed by atoms with Crippen molar-refractivity contribution in [2.75, 3.05) is 20.8 Å². The summed E-state index contributed by atoms with van der Waals surface area (Å²) in [7, 11) is 3.13. The van der Waals surface area contributed by atoms with Gasteiger partial charge in [0.25, 0.3) is 0 Å². The first kappa shape index (κ1) is 20.7. The van der Waals surface area contributed by atoms with Gasteiger partial charge in [-0.15, -0.1) is 0 Å². The largest absolute Gasteiger partial charge is 0.493 e. The molecule has 1 aliphatic heterocycles. The second kappa shape index (κ2) is 9.45. The SMILES string of the molecule is COc1ccc([C@H](Cc2c(Cl)c[nH+]cc2Cl)OC(=O)[C@@H]2CCCN2)cc1OC. The number of ether oxygens (including phenoxy) is 3. The van der Waals surface area contributed by atoms with Gasteiger partial charge in [0.05, 0.1) is 14.2 Å². The van der Waals surface area contributed by atoms with Gasteiger partial charge in [-0.05, 0) is 37.1 Å². The van der Waals surface area contributed by atoms with Crippen molar-refractivity contribution in [3.63, 3.8) is 0 Å². The number of pyridine rings is 1. The van der Waals surface area contributed by atoms with Gasteiger partial charge in [-0.1, -0.05) is 29.3 Å². The molecule has 0 radical (unpaired) electrons. The molecule has 2 heterocycles. The Morgan fingerprint density at radius 1 is 1.21 bits per heavy atom. The van der Waals surface area contributed by atoms with E-state index in [0.717, 1.165) is 24.9 Å². The average molecular weight is 426 g/mol. The van der Waals surface area contributed by atoms with E-state index in [-0.39, 0.29) is 12.0 Å². The number of aromatic amines is 1.